The molecule has 0 radical (unpaired) electrons. The molecule has 1 atom stereocenters. The van der Waals surface area contributed by atoms with Gasteiger partial charge >= 0.3 is 0 Å². The lowest BCUT2D eigenvalue weighted by Gasteiger charge is -2.34. The maximum absolute atomic E-state index is 12.1. The molecule has 4 heteroatoms. The molecule has 0 unspecified atom stereocenters. The molecule has 136 valence electrons. The largest absolute Gasteiger partial charge is 0.361 e. The lowest BCUT2D eigenvalue weighted by molar-refractivity contribution is -0.135. The highest BCUT2D eigenvalue weighted by Crippen LogP contribution is 2.20. The zero-order chi connectivity index (χ0) is 17.8. The van der Waals surface area contributed by atoms with E-state index in [0.29, 0.717) is 18.0 Å². The number of aromatic nitrogens is 1. The Hall–Kier alpha value is -1.81. The van der Waals surface area contributed by atoms with E-state index in [0.717, 1.165) is 38.8 Å². The van der Waals surface area contributed by atoms with Gasteiger partial charge in [0.1, 0.15) is 0 Å². The van der Waals surface area contributed by atoms with Crippen molar-refractivity contribution in [2.24, 2.45) is 5.92 Å². The topological polar surface area (TPSA) is 48.1 Å². The minimum atomic E-state index is 0.111. The van der Waals surface area contributed by atoms with Crippen LogP contribution in [0.4, 0.5) is 0 Å². The molecule has 0 aliphatic carbocycles. The van der Waals surface area contributed by atoms with Crippen LogP contribution in [0.15, 0.2) is 30.5 Å². The minimum absolute atomic E-state index is 0.111. The third-order valence-electron chi connectivity index (χ3n) is 5.34. The summed E-state index contributed by atoms with van der Waals surface area (Å²) in [7, 11) is 0. The number of piperidine rings is 1. The number of hydrogen-bond acceptors (Lipinski definition) is 2. The van der Waals surface area contributed by atoms with Crippen LogP contribution in [0.2, 0.25) is 0 Å². The quantitative estimate of drug-likeness (QED) is 0.841. The van der Waals surface area contributed by atoms with Crippen LogP contribution in [-0.4, -0.2) is 41.0 Å². The molecule has 2 aromatic rings. The number of H-pyrrole nitrogens is 1. The summed E-state index contributed by atoms with van der Waals surface area (Å²) in [4.78, 5) is 17.5. The number of nitrogens with one attached hydrogen (secondary N) is 2. The molecule has 1 aromatic carbocycles. The monoisotopic (exact) mass is 341 g/mol. The summed E-state index contributed by atoms with van der Waals surface area (Å²) in [6.45, 7) is 8.03. The summed E-state index contributed by atoms with van der Waals surface area (Å²) in [6.07, 6.45) is 6.50. The third kappa shape index (κ3) is 4.43. The van der Waals surface area contributed by atoms with Gasteiger partial charge in [0, 0.05) is 48.2 Å². The standard InChI is InChI=1S/C21H31N3O/c1-15(2)21(25)24-12-10-18(11-13-24)23-16(3)8-9-17-14-22-20-7-5-4-6-19(17)20/h4-7,14-16,18,22-23H,8-13H2,1-3H3/t16-/m1/s1. The van der Waals surface area contributed by atoms with Gasteiger partial charge in [0.15, 0.2) is 0 Å². The third-order valence-corrected chi connectivity index (χ3v) is 5.34. The van der Waals surface area contributed by atoms with Crippen molar-refractivity contribution in [1.82, 2.24) is 15.2 Å². The Bertz CT molecular complexity index is 698. The van der Waals surface area contributed by atoms with Crippen molar-refractivity contribution in [3.05, 3.63) is 36.0 Å². The van der Waals surface area contributed by atoms with Gasteiger partial charge in [0.05, 0.1) is 0 Å². The van der Waals surface area contributed by atoms with E-state index in [2.05, 4.69) is 47.7 Å². The van der Waals surface area contributed by atoms with Crippen LogP contribution < -0.4 is 5.32 Å². The van der Waals surface area contributed by atoms with Crippen molar-refractivity contribution in [2.45, 2.75) is 58.5 Å². The molecule has 2 N–H and O–H groups in total. The van der Waals surface area contributed by atoms with Gasteiger partial charge in [-0.1, -0.05) is 32.0 Å². The van der Waals surface area contributed by atoms with E-state index in [1.165, 1.54) is 16.5 Å². The molecule has 0 spiro atoms. The highest BCUT2D eigenvalue weighted by molar-refractivity contribution is 5.83. The Kier molecular flexibility index (Phi) is 5.79. The molecular formula is C21H31N3O. The first kappa shape index (κ1) is 18.0. The lowest BCUT2D eigenvalue weighted by atomic mass is 10.0. The summed E-state index contributed by atoms with van der Waals surface area (Å²) >= 11 is 0. The number of amides is 1. The fraction of sp³-hybridized carbons (Fsp3) is 0.571. The number of rotatable bonds is 6. The van der Waals surface area contributed by atoms with Gasteiger partial charge in [-0.25, -0.2) is 0 Å². The van der Waals surface area contributed by atoms with E-state index in [1.807, 2.05) is 18.7 Å². The highest BCUT2D eigenvalue weighted by Gasteiger charge is 2.24. The summed E-state index contributed by atoms with van der Waals surface area (Å²) in [5.41, 5.74) is 2.63. The lowest BCUT2D eigenvalue weighted by Crippen LogP contribution is -2.48. The number of aromatic amines is 1. The number of aryl methyl sites for hydroxylation is 1. The number of carbonyl (C=O) groups is 1. The van der Waals surface area contributed by atoms with Gasteiger partial charge in [-0.15, -0.1) is 0 Å². The number of likely N-dealkylation sites (tertiary alicyclic amines) is 1. The summed E-state index contributed by atoms with van der Waals surface area (Å²) in [5.74, 6) is 0.408. The van der Waals surface area contributed by atoms with E-state index in [1.54, 1.807) is 0 Å². The molecule has 1 aliphatic rings. The fourth-order valence-corrected chi connectivity index (χ4v) is 3.83. The van der Waals surface area contributed by atoms with Crippen LogP contribution in [0.25, 0.3) is 10.9 Å². The van der Waals surface area contributed by atoms with Crippen LogP contribution in [0.3, 0.4) is 0 Å². The van der Waals surface area contributed by atoms with E-state index >= 15 is 0 Å². The highest BCUT2D eigenvalue weighted by atomic mass is 16.2. The van der Waals surface area contributed by atoms with E-state index in [4.69, 9.17) is 0 Å². The Labute approximate surface area is 151 Å². The van der Waals surface area contributed by atoms with Crippen molar-refractivity contribution in [3.8, 4) is 0 Å². The Morgan fingerprint density at radius 3 is 2.68 bits per heavy atom. The van der Waals surface area contributed by atoms with E-state index in [9.17, 15) is 4.79 Å². The molecule has 1 saturated heterocycles. The van der Waals surface area contributed by atoms with Gasteiger partial charge in [-0.3, -0.25) is 4.79 Å². The SMILES string of the molecule is CC(C)C(=O)N1CCC(N[C@H](C)CCc2c[nH]c3ccccc23)CC1. The van der Waals surface area contributed by atoms with Crippen LogP contribution in [-0.2, 0) is 11.2 Å². The van der Waals surface area contributed by atoms with Crippen molar-refractivity contribution in [3.63, 3.8) is 0 Å². The van der Waals surface area contributed by atoms with Crippen molar-refractivity contribution in [1.29, 1.82) is 0 Å². The second-order valence-electron chi connectivity index (χ2n) is 7.72. The Morgan fingerprint density at radius 2 is 1.96 bits per heavy atom. The molecule has 3 rings (SSSR count). The number of fused-ring (bicyclic) bond motifs is 1. The maximum atomic E-state index is 12.1. The fourth-order valence-electron chi connectivity index (χ4n) is 3.83. The molecule has 25 heavy (non-hydrogen) atoms. The van der Waals surface area contributed by atoms with Crippen LogP contribution in [0.1, 0.15) is 45.6 Å². The summed E-state index contributed by atoms with van der Waals surface area (Å²) in [6, 6.07) is 9.53. The van der Waals surface area contributed by atoms with Gasteiger partial charge < -0.3 is 15.2 Å². The maximum Gasteiger partial charge on any atom is 0.225 e. The second kappa shape index (κ2) is 8.05. The smallest absolute Gasteiger partial charge is 0.225 e. The molecule has 2 heterocycles. The first-order chi connectivity index (χ1) is 12.0. The number of para-hydroxylation sites is 1. The van der Waals surface area contributed by atoms with Crippen LogP contribution >= 0.6 is 0 Å². The minimum Gasteiger partial charge on any atom is -0.361 e. The Morgan fingerprint density at radius 1 is 1.24 bits per heavy atom. The number of carbonyl (C=O) groups excluding carboxylic acids is 1. The van der Waals surface area contributed by atoms with Crippen LogP contribution in [0.5, 0.6) is 0 Å². The van der Waals surface area contributed by atoms with Gasteiger partial charge in [0.25, 0.3) is 0 Å². The molecule has 1 fully saturated rings. The molecule has 1 aromatic heterocycles. The first-order valence-electron chi connectivity index (χ1n) is 9.64. The van der Waals surface area contributed by atoms with Crippen molar-refractivity contribution >= 4 is 16.8 Å². The van der Waals surface area contributed by atoms with Crippen molar-refractivity contribution < 1.29 is 4.79 Å². The van der Waals surface area contributed by atoms with Gasteiger partial charge in [-0.05, 0) is 44.2 Å². The van der Waals surface area contributed by atoms with E-state index in [-0.39, 0.29) is 5.92 Å². The Balaban J connectivity index is 1.44. The van der Waals surface area contributed by atoms with Crippen LogP contribution in [0, 0.1) is 5.92 Å². The number of benzene rings is 1. The van der Waals surface area contributed by atoms with Gasteiger partial charge in [0.2, 0.25) is 5.91 Å². The molecule has 4 nitrogen and oxygen atoms in total. The molecular weight excluding hydrogens is 310 g/mol. The zero-order valence-electron chi connectivity index (χ0n) is 15.7. The molecule has 1 aliphatic heterocycles. The average Bonchev–Trinajstić information content (AvgIpc) is 3.03. The first-order valence-corrected chi connectivity index (χ1v) is 9.64. The number of nitrogens with zero attached hydrogens (tertiary/aromatic N) is 1. The zero-order valence-corrected chi connectivity index (χ0v) is 15.7. The average molecular weight is 341 g/mol. The predicted octanol–water partition coefficient (Wildman–Crippen LogP) is 3.73. The normalized spacial score (nSPS) is 17.4. The summed E-state index contributed by atoms with van der Waals surface area (Å²) < 4.78 is 0. The molecule has 1 amide bonds. The number of hydrogen-bond donors (Lipinski definition) is 2. The second-order valence-corrected chi connectivity index (χ2v) is 7.72. The predicted molar refractivity (Wildman–Crippen MR) is 104 cm³/mol. The summed E-state index contributed by atoms with van der Waals surface area (Å²) in [5, 5.41) is 5.11. The van der Waals surface area contributed by atoms with Crippen molar-refractivity contribution in [2.75, 3.05) is 13.1 Å². The molecule has 0 saturated carbocycles. The van der Waals surface area contributed by atoms with E-state index < -0.39 is 0 Å². The van der Waals surface area contributed by atoms with Gasteiger partial charge in [-0.2, -0.15) is 0 Å². The molecule has 0 bridgehead atoms.